The zero-order valence-electron chi connectivity index (χ0n) is 18.8. The van der Waals surface area contributed by atoms with Crippen molar-refractivity contribution in [3.05, 3.63) is 68.8 Å². The van der Waals surface area contributed by atoms with Crippen molar-refractivity contribution in [1.29, 1.82) is 0 Å². The van der Waals surface area contributed by atoms with E-state index in [9.17, 15) is 62.4 Å². The maximum Gasteiger partial charge on any atom is 0.471 e. The van der Waals surface area contributed by atoms with Crippen LogP contribution in [0.25, 0.3) is 0 Å². The van der Waals surface area contributed by atoms with Gasteiger partial charge in [-0.1, -0.05) is 19.1 Å². The normalized spacial score (nSPS) is 12.8. The number of non-ortho nitro benzene ring substituents is 2. The summed E-state index contributed by atoms with van der Waals surface area (Å²) in [6.07, 6.45) is -6.84. The molecule has 1 atom stereocenters. The molecule has 2 aromatic carbocycles. The molecule has 0 saturated heterocycles. The van der Waals surface area contributed by atoms with Crippen LogP contribution in [0.3, 0.4) is 0 Å². The van der Waals surface area contributed by atoms with E-state index in [4.69, 9.17) is 9.47 Å². The Bertz CT molecular complexity index is 1240. The van der Waals surface area contributed by atoms with Crippen molar-refractivity contribution >= 4 is 30.8 Å². The van der Waals surface area contributed by atoms with Gasteiger partial charge in [0.15, 0.2) is 0 Å². The van der Waals surface area contributed by atoms with Crippen molar-refractivity contribution in [2.45, 2.75) is 31.2 Å². The lowest BCUT2D eigenvalue weighted by Gasteiger charge is -2.44. The summed E-state index contributed by atoms with van der Waals surface area (Å²) in [6.45, 7) is 0.959. The van der Waals surface area contributed by atoms with Crippen LogP contribution in [-0.4, -0.2) is 59.4 Å². The van der Waals surface area contributed by atoms with Crippen LogP contribution in [-0.2, 0) is 14.2 Å². The summed E-state index contributed by atoms with van der Waals surface area (Å²) in [5.74, 6) is -7.18. The van der Waals surface area contributed by atoms with Crippen LogP contribution in [0.4, 0.5) is 24.5 Å². The lowest BCUT2D eigenvalue weighted by atomic mass is 10.2. The Labute approximate surface area is 209 Å². The van der Waals surface area contributed by atoms with E-state index in [0.717, 1.165) is 43.3 Å². The molecule has 0 saturated carbocycles. The minimum atomic E-state index is -6.44. The predicted molar refractivity (Wildman–Crippen MR) is 117 cm³/mol. The highest BCUT2D eigenvalue weighted by Gasteiger charge is 2.67. The Balaban J connectivity index is 2.98. The maximum absolute atomic E-state index is 13.7. The highest BCUT2D eigenvalue weighted by molar-refractivity contribution is 7.53. The number of carbonyl (C=O) groups is 2. The molecule has 2 aromatic rings. The van der Waals surface area contributed by atoms with Gasteiger partial charge in [-0.25, -0.2) is 14.3 Å². The SMILES string of the molecule is CCC(C(=O)O)N(C(=O)C(F)(F)F)C(Oc1cccc([N+](=O)[O-])c1)(Oc1cccc([N+](=O)[O-])c1)P(=O)(O)O. The Morgan fingerprint density at radius 3 is 1.71 bits per heavy atom. The number of carboxylic acid groups (broad SMARTS) is 1. The number of nitrogens with zero attached hydrogens (tertiary/aromatic N) is 3. The molecule has 206 valence electrons. The smallest absolute Gasteiger partial charge is 0.471 e. The van der Waals surface area contributed by atoms with Gasteiger partial charge < -0.3 is 24.4 Å². The van der Waals surface area contributed by atoms with E-state index in [-0.39, 0.29) is 0 Å². The number of aliphatic carboxylic acids is 1. The third kappa shape index (κ3) is 6.34. The number of amides is 1. The van der Waals surface area contributed by atoms with Gasteiger partial charge in [-0.3, -0.25) is 25.0 Å². The van der Waals surface area contributed by atoms with E-state index >= 15 is 0 Å². The summed E-state index contributed by atoms with van der Waals surface area (Å²) in [5.41, 5.74) is -5.85. The zero-order valence-corrected chi connectivity index (χ0v) is 19.7. The fourth-order valence-corrected chi connectivity index (χ4v) is 4.04. The van der Waals surface area contributed by atoms with Crippen LogP contribution in [0.5, 0.6) is 11.5 Å². The number of alkyl halides is 3. The van der Waals surface area contributed by atoms with Gasteiger partial charge in [-0.2, -0.15) is 13.2 Å². The molecule has 0 radical (unpaired) electrons. The molecule has 0 bridgehead atoms. The molecule has 15 nitrogen and oxygen atoms in total. The minimum absolute atomic E-state index is 0.499. The topological polar surface area (TPSA) is 220 Å². The Hall–Kier alpha value is -4.28. The summed E-state index contributed by atoms with van der Waals surface area (Å²) in [6, 6.07) is 3.45. The summed E-state index contributed by atoms with van der Waals surface area (Å²) < 4.78 is 64.0. The van der Waals surface area contributed by atoms with Crippen molar-refractivity contribution in [3.63, 3.8) is 0 Å². The zero-order chi connectivity index (χ0) is 29.1. The van der Waals surface area contributed by atoms with Crippen LogP contribution in [0.1, 0.15) is 13.3 Å². The Morgan fingerprint density at radius 2 is 1.42 bits per heavy atom. The maximum atomic E-state index is 13.7. The van der Waals surface area contributed by atoms with Gasteiger partial charge in [0, 0.05) is 12.1 Å². The number of nitro benzene ring substituents is 2. The summed E-state index contributed by atoms with van der Waals surface area (Å²) in [5, 5.41) is 31.8. The van der Waals surface area contributed by atoms with E-state index in [1.807, 2.05) is 0 Å². The van der Waals surface area contributed by atoms with Crippen molar-refractivity contribution in [2.75, 3.05) is 0 Å². The number of carboxylic acids is 1. The number of hydrogen-bond acceptors (Lipinski definition) is 9. The molecule has 38 heavy (non-hydrogen) atoms. The third-order valence-electron chi connectivity index (χ3n) is 4.68. The van der Waals surface area contributed by atoms with Crippen LogP contribution in [0, 0.1) is 20.2 Å². The Morgan fingerprint density at radius 1 is 1.00 bits per heavy atom. The quantitative estimate of drug-likeness (QED) is 0.154. The molecule has 0 fully saturated rings. The van der Waals surface area contributed by atoms with E-state index in [1.165, 1.54) is 0 Å². The lowest BCUT2D eigenvalue weighted by Crippen LogP contribution is -2.66. The molecular formula is C19H17F3N3O12P. The molecule has 3 N–H and O–H groups in total. The van der Waals surface area contributed by atoms with E-state index in [2.05, 4.69) is 0 Å². The predicted octanol–water partition coefficient (Wildman–Crippen LogP) is 3.00. The lowest BCUT2D eigenvalue weighted by molar-refractivity contribution is -0.385. The first-order valence-electron chi connectivity index (χ1n) is 10.0. The van der Waals surface area contributed by atoms with Gasteiger partial charge in [0.2, 0.25) is 0 Å². The second-order valence-electron chi connectivity index (χ2n) is 7.24. The fraction of sp³-hybridized carbons (Fsp3) is 0.263. The first-order chi connectivity index (χ1) is 17.4. The Kier molecular flexibility index (Phi) is 8.66. The molecule has 0 aliphatic heterocycles. The molecule has 0 spiro atoms. The average molecular weight is 567 g/mol. The number of hydrogen-bond donors (Lipinski definition) is 3. The van der Waals surface area contributed by atoms with Gasteiger partial charge in [0.25, 0.3) is 11.4 Å². The number of rotatable bonds is 11. The van der Waals surface area contributed by atoms with Gasteiger partial charge in [0.05, 0.1) is 22.0 Å². The highest BCUT2D eigenvalue weighted by atomic mass is 31.2. The first-order valence-corrected chi connectivity index (χ1v) is 11.6. The van der Waals surface area contributed by atoms with Crippen molar-refractivity contribution in [3.8, 4) is 11.5 Å². The largest absolute Gasteiger partial charge is 0.480 e. The van der Waals surface area contributed by atoms with Gasteiger partial charge >= 0.3 is 31.3 Å². The second-order valence-corrected chi connectivity index (χ2v) is 8.89. The molecule has 0 heterocycles. The second kappa shape index (κ2) is 11.0. The van der Waals surface area contributed by atoms with Crippen molar-refractivity contribution < 1.29 is 61.5 Å². The molecule has 0 aromatic heterocycles. The minimum Gasteiger partial charge on any atom is -0.480 e. The first kappa shape index (κ1) is 29.9. The van der Waals surface area contributed by atoms with Crippen molar-refractivity contribution in [2.24, 2.45) is 0 Å². The summed E-state index contributed by atoms with van der Waals surface area (Å²) in [4.78, 5) is 64.3. The molecule has 0 aliphatic carbocycles. The summed E-state index contributed by atoms with van der Waals surface area (Å²) in [7, 11) is -6.44. The molecule has 1 unspecified atom stereocenters. The number of benzene rings is 2. The molecule has 19 heteroatoms. The van der Waals surface area contributed by atoms with Gasteiger partial charge in [-0.15, -0.1) is 0 Å². The number of carbonyl (C=O) groups excluding carboxylic acids is 1. The number of halogens is 3. The van der Waals surface area contributed by atoms with E-state index in [1.54, 1.807) is 0 Å². The monoisotopic (exact) mass is 567 g/mol. The third-order valence-corrected chi connectivity index (χ3v) is 5.81. The van der Waals surface area contributed by atoms with Crippen LogP contribution < -0.4 is 9.47 Å². The van der Waals surface area contributed by atoms with Crippen LogP contribution in [0.2, 0.25) is 0 Å². The van der Waals surface area contributed by atoms with Crippen LogP contribution in [0.15, 0.2) is 48.5 Å². The molecular weight excluding hydrogens is 550 g/mol. The highest BCUT2D eigenvalue weighted by Crippen LogP contribution is 2.56. The molecule has 2 rings (SSSR count). The van der Waals surface area contributed by atoms with E-state index in [0.29, 0.717) is 12.1 Å². The van der Waals surface area contributed by atoms with E-state index < -0.39 is 81.4 Å². The van der Waals surface area contributed by atoms with Gasteiger partial charge in [0.1, 0.15) is 17.5 Å². The summed E-state index contributed by atoms with van der Waals surface area (Å²) >= 11 is 0. The molecule has 1 amide bonds. The average Bonchev–Trinajstić information content (AvgIpc) is 2.80. The van der Waals surface area contributed by atoms with Crippen molar-refractivity contribution in [1.82, 2.24) is 4.90 Å². The molecule has 0 aliphatic rings. The number of ether oxygens (including phenoxy) is 2. The standard InChI is InChI=1S/C19H17F3N3O12P/c1-2-15(16(26)27)23(17(28)18(20,21)22)19(38(33,34)35,36-13-7-3-5-11(9-13)24(29)30)37-14-8-4-6-12(10-14)25(31)32/h3-10,15H,2H2,1H3,(H,26,27)(H2,33,34,35). The number of nitro groups is 2. The van der Waals surface area contributed by atoms with Gasteiger partial charge in [-0.05, 0) is 18.6 Å². The fourth-order valence-electron chi connectivity index (χ4n) is 3.08. The van der Waals surface area contributed by atoms with Crippen LogP contribution >= 0.6 is 7.60 Å².